The van der Waals surface area contributed by atoms with Crippen molar-refractivity contribution in [1.82, 2.24) is 14.9 Å². The maximum Gasteiger partial charge on any atom is 0.226 e. The number of nitrogens with one attached hydrogen (secondary N) is 1. The molecule has 1 amide bonds. The van der Waals surface area contributed by atoms with E-state index in [1.165, 1.54) is 16.5 Å². The molecule has 5 nitrogen and oxygen atoms in total. The van der Waals surface area contributed by atoms with Crippen LogP contribution in [0.15, 0.2) is 73.2 Å². The molecule has 0 bridgehead atoms. The Morgan fingerprint density at radius 1 is 0.941 bits per heavy atom. The van der Waals surface area contributed by atoms with Crippen LogP contribution in [0.25, 0.3) is 22.0 Å². The first-order valence-electron chi connectivity index (χ1n) is 11.9. The number of pyridine rings is 1. The highest BCUT2D eigenvalue weighted by Gasteiger charge is 2.44. The second-order valence-electron chi connectivity index (χ2n) is 9.46. The number of benzene rings is 2. The normalized spacial score (nSPS) is 17.4. The number of aromatic nitrogens is 2. The van der Waals surface area contributed by atoms with Gasteiger partial charge in [-0.25, -0.2) is 0 Å². The summed E-state index contributed by atoms with van der Waals surface area (Å²) >= 11 is 6.79. The molecule has 2 aromatic heterocycles. The highest BCUT2D eigenvalue weighted by atomic mass is 35.5. The van der Waals surface area contributed by atoms with Gasteiger partial charge in [0, 0.05) is 66.8 Å². The van der Waals surface area contributed by atoms with Crippen LogP contribution in [0, 0.1) is 5.41 Å². The summed E-state index contributed by atoms with van der Waals surface area (Å²) in [7, 11) is 0. The van der Waals surface area contributed by atoms with E-state index in [0.717, 1.165) is 62.3 Å². The summed E-state index contributed by atoms with van der Waals surface area (Å²) in [5.41, 5.74) is 5.44. The van der Waals surface area contributed by atoms with Gasteiger partial charge in [0.25, 0.3) is 0 Å². The molecule has 1 spiro atoms. The Hall–Kier alpha value is -3.31. The summed E-state index contributed by atoms with van der Waals surface area (Å²) in [5.74, 6) is 0.220. The topological polar surface area (TPSA) is 50.2 Å². The zero-order valence-electron chi connectivity index (χ0n) is 19.0. The van der Waals surface area contributed by atoms with Crippen molar-refractivity contribution in [3.63, 3.8) is 0 Å². The van der Waals surface area contributed by atoms with E-state index in [-0.39, 0.29) is 11.3 Å². The molecule has 6 rings (SSSR count). The largest absolute Gasteiger partial charge is 0.370 e. The number of hydrogen-bond acceptors (Lipinski definition) is 3. The van der Waals surface area contributed by atoms with Crippen LogP contribution < -0.4 is 10.2 Å². The van der Waals surface area contributed by atoms with Crippen LogP contribution in [-0.4, -0.2) is 35.1 Å². The number of para-hydroxylation sites is 1. The van der Waals surface area contributed by atoms with E-state index in [1.807, 2.05) is 12.3 Å². The number of amides is 1. The van der Waals surface area contributed by atoms with Gasteiger partial charge in [-0.05, 0) is 30.9 Å². The fourth-order valence-electron chi connectivity index (χ4n) is 5.67. The molecular formula is C28H27ClN4O. The minimum atomic E-state index is -0.206. The van der Waals surface area contributed by atoms with Crippen LogP contribution in [0.3, 0.4) is 0 Å². The summed E-state index contributed by atoms with van der Waals surface area (Å²) in [4.78, 5) is 19.3. The number of hydrogen-bond donors (Lipinski definition) is 1. The van der Waals surface area contributed by atoms with E-state index in [9.17, 15) is 4.79 Å². The van der Waals surface area contributed by atoms with Crippen molar-refractivity contribution in [2.75, 3.05) is 24.5 Å². The fourth-order valence-corrected chi connectivity index (χ4v) is 5.95. The van der Waals surface area contributed by atoms with E-state index in [4.69, 9.17) is 11.6 Å². The number of piperidine rings is 1. The quantitative estimate of drug-likeness (QED) is 0.427. The summed E-state index contributed by atoms with van der Waals surface area (Å²) in [5, 5.41) is 4.87. The van der Waals surface area contributed by atoms with Gasteiger partial charge in [-0.15, -0.1) is 0 Å². The Morgan fingerprint density at radius 2 is 1.71 bits per heavy atom. The molecule has 0 atom stereocenters. The molecule has 0 aliphatic carbocycles. The van der Waals surface area contributed by atoms with Crippen LogP contribution in [0.5, 0.6) is 0 Å². The number of rotatable bonds is 4. The van der Waals surface area contributed by atoms with E-state index in [1.54, 1.807) is 6.20 Å². The lowest BCUT2D eigenvalue weighted by molar-refractivity contribution is -0.128. The van der Waals surface area contributed by atoms with Gasteiger partial charge in [0.2, 0.25) is 5.91 Å². The van der Waals surface area contributed by atoms with Crippen molar-refractivity contribution in [3.8, 4) is 11.1 Å². The molecule has 4 heterocycles. The maximum atomic E-state index is 12.5. The molecule has 172 valence electrons. The predicted molar refractivity (Wildman–Crippen MR) is 137 cm³/mol. The Morgan fingerprint density at radius 3 is 2.47 bits per heavy atom. The van der Waals surface area contributed by atoms with Crippen molar-refractivity contribution in [3.05, 3.63) is 83.8 Å². The van der Waals surface area contributed by atoms with Crippen LogP contribution >= 0.6 is 11.6 Å². The highest BCUT2D eigenvalue weighted by molar-refractivity contribution is 6.34. The lowest BCUT2D eigenvalue weighted by Crippen LogP contribution is -2.44. The standard InChI is InChI=1S/C28H27ClN4O/c29-24-17-30-16-22(26(24)32-14-11-28(12-15-32)10-13-31-27(28)34)23-19-33(18-20-6-2-1-3-7-20)25-9-5-4-8-21(23)25/h1-9,16-17,19H,10-15,18H2,(H,31,34). The van der Waals surface area contributed by atoms with Gasteiger partial charge >= 0.3 is 0 Å². The van der Waals surface area contributed by atoms with Gasteiger partial charge in [0.15, 0.2) is 0 Å². The van der Waals surface area contributed by atoms with Crippen LogP contribution in [-0.2, 0) is 11.3 Å². The zero-order chi connectivity index (χ0) is 23.1. The van der Waals surface area contributed by atoms with Crippen LogP contribution in [0.1, 0.15) is 24.8 Å². The molecule has 0 saturated carbocycles. The first kappa shape index (κ1) is 21.2. The smallest absolute Gasteiger partial charge is 0.226 e. The Balaban J connectivity index is 1.40. The molecule has 4 aromatic rings. The number of nitrogens with zero attached hydrogens (tertiary/aromatic N) is 3. The average molecular weight is 471 g/mol. The molecule has 1 N–H and O–H groups in total. The van der Waals surface area contributed by atoms with E-state index in [2.05, 4.69) is 74.5 Å². The molecule has 2 fully saturated rings. The van der Waals surface area contributed by atoms with Gasteiger partial charge in [-0.2, -0.15) is 0 Å². The minimum absolute atomic E-state index is 0.206. The molecule has 34 heavy (non-hydrogen) atoms. The lowest BCUT2D eigenvalue weighted by atomic mass is 9.77. The SMILES string of the molecule is O=C1NCCC12CCN(c1c(Cl)cncc1-c1cn(Cc3ccccc3)c3ccccc13)CC2. The van der Waals surface area contributed by atoms with Gasteiger partial charge in [-0.3, -0.25) is 9.78 Å². The van der Waals surface area contributed by atoms with Gasteiger partial charge in [-0.1, -0.05) is 60.1 Å². The summed E-state index contributed by atoms with van der Waals surface area (Å²) in [6.45, 7) is 3.21. The molecule has 0 radical (unpaired) electrons. The number of fused-ring (bicyclic) bond motifs is 1. The molecule has 2 aliphatic heterocycles. The van der Waals surface area contributed by atoms with E-state index >= 15 is 0 Å². The van der Waals surface area contributed by atoms with Crippen molar-refractivity contribution < 1.29 is 4.79 Å². The fraction of sp³-hybridized carbons (Fsp3) is 0.286. The van der Waals surface area contributed by atoms with E-state index < -0.39 is 0 Å². The van der Waals surface area contributed by atoms with Gasteiger partial charge in [0.1, 0.15) is 0 Å². The van der Waals surface area contributed by atoms with E-state index in [0.29, 0.717) is 5.02 Å². The molecule has 0 unspecified atom stereocenters. The lowest BCUT2D eigenvalue weighted by Gasteiger charge is -2.39. The first-order chi connectivity index (χ1) is 16.6. The van der Waals surface area contributed by atoms with Crippen molar-refractivity contribution in [1.29, 1.82) is 0 Å². The van der Waals surface area contributed by atoms with Crippen molar-refractivity contribution >= 4 is 34.1 Å². The third-order valence-corrected chi connectivity index (χ3v) is 7.83. The second-order valence-corrected chi connectivity index (χ2v) is 9.87. The number of carbonyl (C=O) groups is 1. The van der Waals surface area contributed by atoms with Crippen molar-refractivity contribution in [2.24, 2.45) is 5.41 Å². The summed E-state index contributed by atoms with van der Waals surface area (Å²) in [6, 6.07) is 19.0. The first-order valence-corrected chi connectivity index (χ1v) is 12.3. The zero-order valence-corrected chi connectivity index (χ0v) is 19.8. The second kappa shape index (κ2) is 8.48. The third-order valence-electron chi connectivity index (χ3n) is 7.55. The highest BCUT2D eigenvalue weighted by Crippen LogP contribution is 2.44. The molecule has 2 saturated heterocycles. The van der Waals surface area contributed by atoms with Crippen LogP contribution in [0.2, 0.25) is 5.02 Å². The Labute approximate surface area is 204 Å². The predicted octanol–water partition coefficient (Wildman–Crippen LogP) is 5.51. The molecular weight excluding hydrogens is 444 g/mol. The average Bonchev–Trinajstić information content (AvgIpc) is 3.41. The Bertz CT molecular complexity index is 1360. The summed E-state index contributed by atoms with van der Waals surface area (Å²) < 4.78 is 2.30. The third kappa shape index (κ3) is 3.55. The summed E-state index contributed by atoms with van der Waals surface area (Å²) in [6.07, 6.45) is 8.53. The monoisotopic (exact) mass is 470 g/mol. The minimum Gasteiger partial charge on any atom is -0.370 e. The molecule has 6 heteroatoms. The van der Waals surface area contributed by atoms with Gasteiger partial charge < -0.3 is 14.8 Å². The van der Waals surface area contributed by atoms with Gasteiger partial charge in [0.05, 0.1) is 16.1 Å². The maximum absolute atomic E-state index is 12.5. The number of carbonyl (C=O) groups excluding carboxylic acids is 1. The molecule has 2 aliphatic rings. The number of halogens is 1. The molecule has 2 aromatic carbocycles. The Kier molecular flexibility index (Phi) is 5.30. The number of anilines is 1. The van der Waals surface area contributed by atoms with Crippen molar-refractivity contribution in [2.45, 2.75) is 25.8 Å². The van der Waals surface area contributed by atoms with Crippen LogP contribution in [0.4, 0.5) is 5.69 Å².